The zero-order valence-electron chi connectivity index (χ0n) is 8.45. The van der Waals surface area contributed by atoms with Crippen molar-refractivity contribution in [2.45, 2.75) is 25.9 Å². The third-order valence-corrected chi connectivity index (χ3v) is 2.76. The van der Waals surface area contributed by atoms with Gasteiger partial charge in [-0.05, 0) is 30.5 Å². The van der Waals surface area contributed by atoms with E-state index in [2.05, 4.69) is 11.4 Å². The molecular formula is C12H13ClNO. The Morgan fingerprint density at radius 3 is 3.00 bits per heavy atom. The maximum Gasteiger partial charge on any atom is 0.142 e. The van der Waals surface area contributed by atoms with E-state index in [1.807, 2.05) is 24.3 Å². The van der Waals surface area contributed by atoms with Crippen LogP contribution in [0.25, 0.3) is 0 Å². The van der Waals surface area contributed by atoms with Gasteiger partial charge in [-0.25, -0.2) is 0 Å². The van der Waals surface area contributed by atoms with Crippen LogP contribution in [0.3, 0.4) is 0 Å². The summed E-state index contributed by atoms with van der Waals surface area (Å²) in [5.74, 6) is 0.518. The second-order valence-electron chi connectivity index (χ2n) is 3.75. The molecule has 1 fully saturated rings. The highest BCUT2D eigenvalue weighted by Crippen LogP contribution is 2.24. The van der Waals surface area contributed by atoms with Gasteiger partial charge in [0.1, 0.15) is 12.8 Å². The summed E-state index contributed by atoms with van der Waals surface area (Å²) >= 11 is 5.84. The Balaban J connectivity index is 1.75. The largest absolute Gasteiger partial charge is 0.391 e. The first-order chi connectivity index (χ1) is 7.34. The molecule has 0 aromatic heterocycles. The van der Waals surface area contributed by atoms with Crippen molar-refractivity contribution in [1.29, 1.82) is 0 Å². The Kier molecular flexibility index (Phi) is 3.62. The smallest absolute Gasteiger partial charge is 0.142 e. The highest BCUT2D eigenvalue weighted by molar-refractivity contribution is 6.30. The number of hydrogen-bond acceptors (Lipinski definition) is 2. The topological polar surface area (TPSA) is 21.6 Å². The molecule has 0 spiro atoms. The molecule has 2 rings (SSSR count). The van der Waals surface area contributed by atoms with Gasteiger partial charge in [0.15, 0.2) is 0 Å². The third-order valence-electron chi connectivity index (χ3n) is 2.53. The lowest BCUT2D eigenvalue weighted by Gasteiger charge is -2.18. The van der Waals surface area contributed by atoms with Gasteiger partial charge >= 0.3 is 0 Å². The van der Waals surface area contributed by atoms with Crippen LogP contribution >= 0.6 is 11.6 Å². The van der Waals surface area contributed by atoms with Crippen LogP contribution < -0.4 is 0 Å². The molecule has 1 radical (unpaired) electrons. The molecule has 0 N–H and O–H groups in total. The highest BCUT2D eigenvalue weighted by Gasteiger charge is 2.15. The van der Waals surface area contributed by atoms with Crippen LogP contribution in [0.15, 0.2) is 29.4 Å². The fourth-order valence-corrected chi connectivity index (χ4v) is 1.60. The van der Waals surface area contributed by atoms with Crippen molar-refractivity contribution in [1.82, 2.24) is 0 Å². The molecule has 15 heavy (non-hydrogen) atoms. The van der Waals surface area contributed by atoms with Crippen LogP contribution in [0.4, 0.5) is 0 Å². The van der Waals surface area contributed by atoms with Gasteiger partial charge in [-0.3, -0.25) is 0 Å². The van der Waals surface area contributed by atoms with Crippen LogP contribution in [0.2, 0.25) is 5.02 Å². The SMILES string of the molecule is Clc1cccc(CO/N=[C]\C2CCC2)c1. The van der Waals surface area contributed by atoms with Crippen molar-refractivity contribution in [3.05, 3.63) is 34.9 Å². The van der Waals surface area contributed by atoms with E-state index < -0.39 is 0 Å². The third kappa shape index (κ3) is 3.24. The van der Waals surface area contributed by atoms with Gasteiger partial charge in [0.25, 0.3) is 0 Å². The molecule has 1 aliphatic carbocycles. The first kappa shape index (κ1) is 10.5. The van der Waals surface area contributed by atoms with Gasteiger partial charge in [-0.15, -0.1) is 0 Å². The fourth-order valence-electron chi connectivity index (χ4n) is 1.38. The van der Waals surface area contributed by atoms with Crippen molar-refractivity contribution in [3.63, 3.8) is 0 Å². The summed E-state index contributed by atoms with van der Waals surface area (Å²) in [5.41, 5.74) is 1.03. The number of rotatable bonds is 4. The van der Waals surface area contributed by atoms with E-state index >= 15 is 0 Å². The Morgan fingerprint density at radius 1 is 1.47 bits per heavy atom. The molecule has 79 valence electrons. The van der Waals surface area contributed by atoms with E-state index in [1.54, 1.807) is 0 Å². The van der Waals surface area contributed by atoms with E-state index in [0.717, 1.165) is 10.6 Å². The van der Waals surface area contributed by atoms with E-state index in [9.17, 15) is 0 Å². The van der Waals surface area contributed by atoms with Gasteiger partial charge in [0.05, 0.1) is 0 Å². The zero-order valence-corrected chi connectivity index (χ0v) is 9.20. The molecule has 1 aromatic carbocycles. The summed E-state index contributed by atoms with van der Waals surface area (Å²) in [5, 5.41) is 4.55. The van der Waals surface area contributed by atoms with Crippen LogP contribution in [0.1, 0.15) is 24.8 Å². The second kappa shape index (κ2) is 5.17. The summed E-state index contributed by atoms with van der Waals surface area (Å²) in [6.07, 6.45) is 6.66. The molecule has 0 bridgehead atoms. The summed E-state index contributed by atoms with van der Waals surface area (Å²) in [7, 11) is 0. The molecule has 1 saturated carbocycles. The van der Waals surface area contributed by atoms with Gasteiger partial charge in [-0.1, -0.05) is 35.3 Å². The maximum atomic E-state index is 5.84. The summed E-state index contributed by atoms with van der Waals surface area (Å²) in [4.78, 5) is 5.14. The lowest BCUT2D eigenvalue weighted by atomic mass is 9.87. The molecule has 0 unspecified atom stereocenters. The molecule has 0 aliphatic heterocycles. The average molecular weight is 223 g/mol. The van der Waals surface area contributed by atoms with Crippen LogP contribution in [0.5, 0.6) is 0 Å². The second-order valence-corrected chi connectivity index (χ2v) is 4.19. The van der Waals surface area contributed by atoms with E-state index in [-0.39, 0.29) is 0 Å². The number of hydrogen-bond donors (Lipinski definition) is 0. The predicted octanol–water partition coefficient (Wildman–Crippen LogP) is 3.52. The molecule has 0 atom stereocenters. The van der Waals surface area contributed by atoms with Crippen molar-refractivity contribution in [2.24, 2.45) is 11.1 Å². The Bertz CT molecular complexity index is 347. The van der Waals surface area contributed by atoms with Crippen molar-refractivity contribution in [3.8, 4) is 0 Å². The lowest BCUT2D eigenvalue weighted by Crippen LogP contribution is -2.11. The van der Waals surface area contributed by atoms with Crippen LogP contribution in [0, 0.1) is 5.92 Å². The zero-order chi connectivity index (χ0) is 10.5. The number of benzene rings is 1. The van der Waals surface area contributed by atoms with Crippen molar-refractivity contribution >= 4 is 17.8 Å². The molecular weight excluding hydrogens is 210 g/mol. The summed E-state index contributed by atoms with van der Waals surface area (Å²) in [6.45, 7) is 0.459. The predicted molar refractivity (Wildman–Crippen MR) is 61.0 cm³/mol. The Labute approximate surface area is 94.9 Å². The first-order valence-corrected chi connectivity index (χ1v) is 5.54. The lowest BCUT2D eigenvalue weighted by molar-refractivity contribution is 0.129. The highest BCUT2D eigenvalue weighted by atomic mass is 35.5. The normalized spacial score (nSPS) is 16.6. The molecule has 1 aliphatic rings. The Hall–Kier alpha value is -1.02. The minimum atomic E-state index is 0.459. The van der Waals surface area contributed by atoms with E-state index in [1.165, 1.54) is 19.3 Å². The van der Waals surface area contributed by atoms with Crippen molar-refractivity contribution in [2.75, 3.05) is 0 Å². The Morgan fingerprint density at radius 2 is 2.33 bits per heavy atom. The average Bonchev–Trinajstić information content (AvgIpc) is 2.15. The summed E-state index contributed by atoms with van der Waals surface area (Å²) in [6, 6.07) is 7.58. The molecule has 0 saturated heterocycles. The molecule has 1 aromatic rings. The fraction of sp³-hybridized carbons (Fsp3) is 0.417. The molecule has 0 amide bonds. The minimum absolute atomic E-state index is 0.459. The van der Waals surface area contributed by atoms with Gasteiger partial charge < -0.3 is 4.84 Å². The molecule has 3 heteroatoms. The standard InChI is InChI=1S/C12H13ClNO/c13-12-6-2-5-11(7-12)9-15-14-8-10-3-1-4-10/h2,5-7,10H,1,3-4,9H2. The maximum absolute atomic E-state index is 5.84. The van der Waals surface area contributed by atoms with Crippen molar-refractivity contribution < 1.29 is 4.84 Å². The van der Waals surface area contributed by atoms with Crippen LogP contribution in [-0.2, 0) is 11.4 Å². The van der Waals surface area contributed by atoms with Crippen LogP contribution in [-0.4, -0.2) is 6.21 Å². The monoisotopic (exact) mass is 222 g/mol. The van der Waals surface area contributed by atoms with E-state index in [4.69, 9.17) is 16.4 Å². The minimum Gasteiger partial charge on any atom is -0.391 e. The first-order valence-electron chi connectivity index (χ1n) is 5.16. The molecule has 0 heterocycles. The molecule has 2 nitrogen and oxygen atoms in total. The number of nitrogens with zero attached hydrogens (tertiary/aromatic N) is 1. The van der Waals surface area contributed by atoms with Gasteiger partial charge in [0.2, 0.25) is 0 Å². The van der Waals surface area contributed by atoms with Gasteiger partial charge in [0, 0.05) is 10.9 Å². The van der Waals surface area contributed by atoms with Gasteiger partial charge in [-0.2, -0.15) is 0 Å². The van der Waals surface area contributed by atoms with E-state index in [0.29, 0.717) is 12.5 Å². The quantitative estimate of drug-likeness (QED) is 0.564. The summed E-state index contributed by atoms with van der Waals surface area (Å²) < 4.78 is 0. The number of halogens is 1.